The Hall–Kier alpha value is -2.17. The van der Waals surface area contributed by atoms with Gasteiger partial charge >= 0.3 is 0 Å². The monoisotopic (exact) mass is 190 g/mol. The fourth-order valence-corrected chi connectivity index (χ4v) is 1.12. The van der Waals surface area contributed by atoms with Gasteiger partial charge in [0, 0.05) is 6.08 Å². The highest BCUT2D eigenvalue weighted by atomic mass is 16.6. The van der Waals surface area contributed by atoms with Crippen LogP contribution >= 0.6 is 0 Å². The maximum absolute atomic E-state index is 10.1. The van der Waals surface area contributed by atoms with Crippen LogP contribution < -0.4 is 0 Å². The molecule has 1 aromatic carbocycles. The number of rotatable bonds is 2. The molecule has 0 saturated carbocycles. The van der Waals surface area contributed by atoms with E-state index in [1.54, 1.807) is 18.2 Å². The minimum absolute atomic E-state index is 0.509. The van der Waals surface area contributed by atoms with E-state index in [4.69, 9.17) is 4.42 Å². The summed E-state index contributed by atoms with van der Waals surface area (Å²) in [6, 6.07) is 5.19. The Balaban J connectivity index is 2.39. The number of nitrogens with zero attached hydrogens (tertiary/aromatic N) is 2. The number of oxazole rings is 1. The summed E-state index contributed by atoms with van der Waals surface area (Å²) in [5, 5.41) is 10.1. The van der Waals surface area contributed by atoms with Crippen molar-refractivity contribution in [1.82, 2.24) is 4.98 Å². The minimum Gasteiger partial charge on any atom is -0.443 e. The number of hydrogen-bond donors (Lipinski definition) is 0. The zero-order valence-electron chi connectivity index (χ0n) is 7.08. The van der Waals surface area contributed by atoms with Crippen molar-refractivity contribution < 1.29 is 9.34 Å². The molecule has 0 unspecified atom stereocenters. The highest BCUT2D eigenvalue weighted by Gasteiger charge is 1.98. The molecule has 0 amide bonds. The molecule has 70 valence electrons. The van der Waals surface area contributed by atoms with Crippen LogP contribution in [0.3, 0.4) is 0 Å². The van der Waals surface area contributed by atoms with Gasteiger partial charge < -0.3 is 4.42 Å². The second-order valence-corrected chi connectivity index (χ2v) is 2.68. The summed E-state index contributed by atoms with van der Waals surface area (Å²) in [6.45, 7) is 0. The van der Waals surface area contributed by atoms with Crippen molar-refractivity contribution in [2.45, 2.75) is 0 Å². The second-order valence-electron chi connectivity index (χ2n) is 2.68. The molecule has 0 aliphatic carbocycles. The third kappa shape index (κ3) is 1.61. The number of benzene rings is 1. The van der Waals surface area contributed by atoms with Crippen LogP contribution in [0.2, 0.25) is 0 Å². The molecule has 2 rings (SSSR count). The third-order valence-electron chi connectivity index (χ3n) is 1.74. The summed E-state index contributed by atoms with van der Waals surface area (Å²) in [4.78, 5) is 13.5. The van der Waals surface area contributed by atoms with E-state index in [1.165, 1.54) is 12.5 Å². The third-order valence-corrected chi connectivity index (χ3v) is 1.74. The van der Waals surface area contributed by atoms with E-state index >= 15 is 0 Å². The second kappa shape index (κ2) is 3.29. The highest BCUT2D eigenvalue weighted by molar-refractivity contribution is 5.75. The SMILES string of the molecule is O=[N+]([O-])C=Cc1ccc2ncoc2c1. The standard InChI is InChI=1S/C9H6N2O3/c12-11(13)4-3-7-1-2-8-9(5-7)14-6-10-8/h1-6H. The number of hydrogen-bond acceptors (Lipinski definition) is 4. The maximum atomic E-state index is 10.1. The van der Waals surface area contributed by atoms with Gasteiger partial charge in [-0.05, 0) is 17.7 Å². The van der Waals surface area contributed by atoms with Gasteiger partial charge in [-0.1, -0.05) is 6.07 Å². The summed E-state index contributed by atoms with van der Waals surface area (Å²) in [7, 11) is 0. The lowest BCUT2D eigenvalue weighted by atomic mass is 10.2. The first-order valence-electron chi connectivity index (χ1n) is 3.91. The van der Waals surface area contributed by atoms with Gasteiger partial charge in [0.25, 0.3) is 0 Å². The molecule has 0 aliphatic heterocycles. The topological polar surface area (TPSA) is 69.2 Å². The van der Waals surface area contributed by atoms with Gasteiger partial charge in [-0.15, -0.1) is 0 Å². The average Bonchev–Trinajstić information content (AvgIpc) is 2.61. The lowest BCUT2D eigenvalue weighted by Gasteiger charge is -1.89. The van der Waals surface area contributed by atoms with Crippen LogP contribution in [0.25, 0.3) is 17.2 Å². The van der Waals surface area contributed by atoms with E-state index in [-0.39, 0.29) is 0 Å². The Bertz CT molecular complexity index is 501. The number of aromatic nitrogens is 1. The van der Waals surface area contributed by atoms with E-state index in [0.717, 1.165) is 11.7 Å². The lowest BCUT2D eigenvalue weighted by molar-refractivity contribution is -0.400. The van der Waals surface area contributed by atoms with Crippen LogP contribution in [0.5, 0.6) is 0 Å². The van der Waals surface area contributed by atoms with Crippen molar-refractivity contribution in [3.63, 3.8) is 0 Å². The zero-order valence-corrected chi connectivity index (χ0v) is 7.08. The molecule has 5 heteroatoms. The molecule has 0 bridgehead atoms. The predicted molar refractivity (Wildman–Crippen MR) is 50.0 cm³/mol. The van der Waals surface area contributed by atoms with Gasteiger partial charge in [0.2, 0.25) is 6.20 Å². The Kier molecular flexibility index (Phi) is 1.98. The van der Waals surface area contributed by atoms with Gasteiger partial charge in [0.05, 0.1) is 4.92 Å². The quantitative estimate of drug-likeness (QED) is 0.537. The van der Waals surface area contributed by atoms with Crippen molar-refractivity contribution in [3.05, 3.63) is 46.5 Å². The van der Waals surface area contributed by atoms with Crippen molar-refractivity contribution in [3.8, 4) is 0 Å². The largest absolute Gasteiger partial charge is 0.443 e. The fraction of sp³-hybridized carbons (Fsp3) is 0. The molecular formula is C9H6N2O3. The summed E-state index contributed by atoms with van der Waals surface area (Å²) < 4.78 is 5.05. The molecule has 0 radical (unpaired) electrons. The number of nitro groups is 1. The zero-order chi connectivity index (χ0) is 9.97. The number of fused-ring (bicyclic) bond motifs is 1. The minimum atomic E-state index is -0.509. The Morgan fingerprint density at radius 2 is 2.36 bits per heavy atom. The van der Waals surface area contributed by atoms with Crippen LogP contribution in [0.4, 0.5) is 0 Å². The Morgan fingerprint density at radius 3 is 3.14 bits per heavy atom. The first-order chi connectivity index (χ1) is 6.75. The summed E-state index contributed by atoms with van der Waals surface area (Å²) in [5.41, 5.74) is 2.07. The van der Waals surface area contributed by atoms with E-state index in [9.17, 15) is 10.1 Å². The first kappa shape index (κ1) is 8.43. The molecule has 0 fully saturated rings. The fourth-order valence-electron chi connectivity index (χ4n) is 1.12. The maximum Gasteiger partial charge on any atom is 0.235 e. The van der Waals surface area contributed by atoms with Gasteiger partial charge in [-0.2, -0.15) is 0 Å². The van der Waals surface area contributed by atoms with Gasteiger partial charge in [0.15, 0.2) is 12.0 Å². The van der Waals surface area contributed by atoms with Crippen molar-refractivity contribution >= 4 is 17.2 Å². The van der Waals surface area contributed by atoms with E-state index in [2.05, 4.69) is 4.98 Å². The lowest BCUT2D eigenvalue weighted by Crippen LogP contribution is -1.82. The molecule has 0 saturated heterocycles. The molecule has 0 aliphatic rings. The molecule has 1 aromatic heterocycles. The van der Waals surface area contributed by atoms with E-state index in [0.29, 0.717) is 11.1 Å². The smallest absolute Gasteiger partial charge is 0.235 e. The molecule has 2 aromatic rings. The summed E-state index contributed by atoms with van der Waals surface area (Å²) in [6.07, 6.45) is 3.63. The summed E-state index contributed by atoms with van der Waals surface area (Å²) >= 11 is 0. The van der Waals surface area contributed by atoms with E-state index in [1.807, 2.05) is 0 Å². The van der Waals surface area contributed by atoms with Gasteiger partial charge in [-0.3, -0.25) is 10.1 Å². The molecular weight excluding hydrogens is 184 g/mol. The molecule has 5 nitrogen and oxygen atoms in total. The normalized spacial score (nSPS) is 11.1. The molecule has 0 spiro atoms. The van der Waals surface area contributed by atoms with Crippen LogP contribution in [-0.2, 0) is 0 Å². The molecule has 0 atom stereocenters. The van der Waals surface area contributed by atoms with Crippen LogP contribution in [0, 0.1) is 10.1 Å². The molecule has 1 heterocycles. The van der Waals surface area contributed by atoms with Crippen molar-refractivity contribution in [2.75, 3.05) is 0 Å². The van der Waals surface area contributed by atoms with Gasteiger partial charge in [0.1, 0.15) is 5.52 Å². The van der Waals surface area contributed by atoms with Crippen LogP contribution in [-0.4, -0.2) is 9.91 Å². The van der Waals surface area contributed by atoms with Crippen LogP contribution in [0.15, 0.2) is 35.2 Å². The van der Waals surface area contributed by atoms with Crippen molar-refractivity contribution in [2.24, 2.45) is 0 Å². The Morgan fingerprint density at radius 1 is 1.50 bits per heavy atom. The van der Waals surface area contributed by atoms with Crippen LogP contribution in [0.1, 0.15) is 5.56 Å². The highest BCUT2D eigenvalue weighted by Crippen LogP contribution is 2.14. The average molecular weight is 190 g/mol. The van der Waals surface area contributed by atoms with E-state index < -0.39 is 4.92 Å². The first-order valence-corrected chi connectivity index (χ1v) is 3.91. The van der Waals surface area contributed by atoms with Crippen molar-refractivity contribution in [1.29, 1.82) is 0 Å². The molecule has 0 N–H and O–H groups in total. The van der Waals surface area contributed by atoms with Gasteiger partial charge in [-0.25, -0.2) is 4.98 Å². The predicted octanol–water partition coefficient (Wildman–Crippen LogP) is 2.08. The Labute approximate surface area is 78.8 Å². The summed E-state index contributed by atoms with van der Waals surface area (Å²) in [5.74, 6) is 0. The molecule has 14 heavy (non-hydrogen) atoms.